The largest absolute Gasteiger partial charge is 0.493 e. The number of amides is 2. The van der Waals surface area contributed by atoms with Crippen molar-refractivity contribution >= 4 is 11.8 Å². The van der Waals surface area contributed by atoms with Crippen LogP contribution in [0.5, 0.6) is 11.5 Å². The highest BCUT2D eigenvalue weighted by Crippen LogP contribution is 2.27. The number of carbonyl (C=O) groups is 2. The van der Waals surface area contributed by atoms with Gasteiger partial charge in [-0.3, -0.25) is 20.4 Å². The Labute approximate surface area is 175 Å². The number of hydrogen-bond acceptors (Lipinski definition) is 4. The number of benzene rings is 3. The minimum absolute atomic E-state index is 0.338. The van der Waals surface area contributed by atoms with Gasteiger partial charge < -0.3 is 9.47 Å². The van der Waals surface area contributed by atoms with Crippen LogP contribution in [0.3, 0.4) is 0 Å². The molecule has 2 N–H and O–H groups in total. The molecule has 0 spiro atoms. The van der Waals surface area contributed by atoms with Crippen molar-refractivity contribution in [3.63, 3.8) is 0 Å². The van der Waals surface area contributed by atoms with Crippen molar-refractivity contribution in [1.82, 2.24) is 10.9 Å². The maximum atomic E-state index is 12.7. The first-order chi connectivity index (χ1) is 14.6. The third-order valence-electron chi connectivity index (χ3n) is 4.72. The van der Waals surface area contributed by atoms with Gasteiger partial charge in [-0.1, -0.05) is 48.5 Å². The number of hydrogen-bond donors (Lipinski definition) is 2. The average Bonchev–Trinajstić information content (AvgIpc) is 2.81. The number of aryl methyl sites for hydroxylation is 2. The molecule has 0 unspecified atom stereocenters. The summed E-state index contributed by atoms with van der Waals surface area (Å²) in [5, 5.41) is 0. The van der Waals surface area contributed by atoms with E-state index in [-0.39, 0.29) is 5.91 Å². The van der Waals surface area contributed by atoms with Crippen molar-refractivity contribution in [2.24, 2.45) is 0 Å². The molecule has 30 heavy (non-hydrogen) atoms. The molecule has 0 fully saturated rings. The van der Waals surface area contributed by atoms with Crippen molar-refractivity contribution in [3.05, 3.63) is 95.1 Å². The summed E-state index contributed by atoms with van der Waals surface area (Å²) < 4.78 is 10.4. The Bertz CT molecular complexity index is 1020. The summed E-state index contributed by atoms with van der Waals surface area (Å²) in [4.78, 5) is 25.1. The zero-order chi connectivity index (χ0) is 21.3. The standard InChI is InChI=1S/C24H24N2O4/c1-29-21-15-14-19(16-22(21)30-2)23(27)25-26-24(28)20-11-7-6-10-18(20)13-12-17-8-4-3-5-9-17/h3-11,14-16H,12-13H2,1-2H3,(H,25,27)(H,26,28). The fraction of sp³-hybridized carbons (Fsp3) is 0.167. The van der Waals surface area contributed by atoms with E-state index in [1.54, 1.807) is 30.3 Å². The number of hydrazine groups is 1. The van der Waals surface area contributed by atoms with Crippen molar-refractivity contribution in [2.75, 3.05) is 14.2 Å². The van der Waals surface area contributed by atoms with Crippen LogP contribution in [0.4, 0.5) is 0 Å². The number of methoxy groups -OCH3 is 2. The summed E-state index contributed by atoms with van der Waals surface area (Å²) in [5.41, 5.74) is 7.93. The van der Waals surface area contributed by atoms with E-state index >= 15 is 0 Å². The van der Waals surface area contributed by atoms with Crippen molar-refractivity contribution in [3.8, 4) is 11.5 Å². The molecule has 154 valence electrons. The zero-order valence-electron chi connectivity index (χ0n) is 17.0. The Hall–Kier alpha value is -3.80. The summed E-state index contributed by atoms with van der Waals surface area (Å²) in [5.74, 6) is 0.131. The Balaban J connectivity index is 1.64. The fourth-order valence-electron chi connectivity index (χ4n) is 3.11. The Morgan fingerprint density at radius 2 is 1.40 bits per heavy atom. The summed E-state index contributed by atoms with van der Waals surface area (Å²) in [6, 6.07) is 22.3. The molecule has 0 aromatic heterocycles. The molecule has 0 aliphatic carbocycles. The van der Waals surface area contributed by atoms with E-state index < -0.39 is 5.91 Å². The molecule has 0 saturated carbocycles. The number of ether oxygens (including phenoxy) is 2. The van der Waals surface area contributed by atoms with Gasteiger partial charge in [0.2, 0.25) is 0 Å². The van der Waals surface area contributed by atoms with Gasteiger partial charge in [0.25, 0.3) is 11.8 Å². The predicted octanol–water partition coefficient (Wildman–Crippen LogP) is 3.56. The lowest BCUT2D eigenvalue weighted by Gasteiger charge is -2.12. The van der Waals surface area contributed by atoms with E-state index in [1.165, 1.54) is 19.8 Å². The molecule has 3 aromatic carbocycles. The Morgan fingerprint density at radius 3 is 2.13 bits per heavy atom. The molecule has 0 radical (unpaired) electrons. The molecule has 3 aromatic rings. The molecular formula is C24H24N2O4. The molecule has 0 aliphatic rings. The van der Waals surface area contributed by atoms with Crippen LogP contribution < -0.4 is 20.3 Å². The molecule has 0 aliphatic heterocycles. The third-order valence-corrected chi connectivity index (χ3v) is 4.72. The highest BCUT2D eigenvalue weighted by atomic mass is 16.5. The first kappa shape index (κ1) is 20.9. The zero-order valence-corrected chi connectivity index (χ0v) is 17.0. The van der Waals surface area contributed by atoms with Gasteiger partial charge >= 0.3 is 0 Å². The fourth-order valence-corrected chi connectivity index (χ4v) is 3.11. The second-order valence-corrected chi connectivity index (χ2v) is 6.62. The highest BCUT2D eigenvalue weighted by molar-refractivity contribution is 6.00. The lowest BCUT2D eigenvalue weighted by molar-refractivity contribution is 0.0846. The monoisotopic (exact) mass is 404 g/mol. The van der Waals surface area contributed by atoms with Crippen LogP contribution in [0.25, 0.3) is 0 Å². The first-order valence-electron chi connectivity index (χ1n) is 9.57. The van der Waals surface area contributed by atoms with Gasteiger partial charge in [-0.15, -0.1) is 0 Å². The van der Waals surface area contributed by atoms with E-state index in [9.17, 15) is 9.59 Å². The van der Waals surface area contributed by atoms with Crippen molar-refractivity contribution in [1.29, 1.82) is 0 Å². The maximum Gasteiger partial charge on any atom is 0.269 e. The minimum atomic E-state index is -0.453. The van der Waals surface area contributed by atoms with Crippen molar-refractivity contribution < 1.29 is 19.1 Å². The second kappa shape index (κ2) is 10.1. The second-order valence-electron chi connectivity index (χ2n) is 6.62. The van der Waals surface area contributed by atoms with Crippen LogP contribution in [0.2, 0.25) is 0 Å². The molecule has 3 rings (SSSR count). The van der Waals surface area contributed by atoms with Crippen LogP contribution in [0.1, 0.15) is 31.8 Å². The topological polar surface area (TPSA) is 76.7 Å². The van der Waals surface area contributed by atoms with Gasteiger partial charge in [0.15, 0.2) is 11.5 Å². The lowest BCUT2D eigenvalue weighted by Crippen LogP contribution is -2.42. The third kappa shape index (κ3) is 5.17. The molecule has 6 heteroatoms. The van der Waals surface area contributed by atoms with Gasteiger partial charge in [-0.2, -0.15) is 0 Å². The van der Waals surface area contributed by atoms with Crippen LogP contribution in [0, 0.1) is 0 Å². The van der Waals surface area contributed by atoms with Crippen LogP contribution in [-0.4, -0.2) is 26.0 Å². The smallest absolute Gasteiger partial charge is 0.269 e. The molecule has 0 saturated heterocycles. The van der Waals surface area contributed by atoms with E-state index in [1.807, 2.05) is 30.3 Å². The van der Waals surface area contributed by atoms with Crippen LogP contribution >= 0.6 is 0 Å². The van der Waals surface area contributed by atoms with Crippen LogP contribution in [0.15, 0.2) is 72.8 Å². The SMILES string of the molecule is COc1ccc(C(=O)NNC(=O)c2ccccc2CCc2ccccc2)cc1OC. The predicted molar refractivity (Wildman–Crippen MR) is 115 cm³/mol. The number of nitrogens with one attached hydrogen (secondary N) is 2. The molecule has 6 nitrogen and oxygen atoms in total. The number of carbonyl (C=O) groups excluding carboxylic acids is 2. The minimum Gasteiger partial charge on any atom is -0.493 e. The van der Waals surface area contributed by atoms with Crippen LogP contribution in [-0.2, 0) is 12.8 Å². The van der Waals surface area contributed by atoms with E-state index in [0.717, 1.165) is 18.4 Å². The molecule has 0 bridgehead atoms. The molecule has 0 heterocycles. The quantitative estimate of drug-likeness (QED) is 0.591. The van der Waals surface area contributed by atoms with Crippen molar-refractivity contribution in [2.45, 2.75) is 12.8 Å². The highest BCUT2D eigenvalue weighted by Gasteiger charge is 2.14. The number of rotatable bonds is 7. The molecular weight excluding hydrogens is 380 g/mol. The van der Waals surface area contributed by atoms with Gasteiger partial charge in [0, 0.05) is 11.1 Å². The summed E-state index contributed by atoms with van der Waals surface area (Å²) in [6.45, 7) is 0. The van der Waals surface area contributed by atoms with Gasteiger partial charge in [-0.05, 0) is 48.2 Å². The Kier molecular flexibility index (Phi) is 7.05. The molecule has 0 atom stereocenters. The maximum absolute atomic E-state index is 12.7. The summed E-state index contributed by atoms with van der Waals surface area (Å²) in [6.07, 6.45) is 1.54. The Morgan fingerprint density at radius 1 is 0.733 bits per heavy atom. The lowest BCUT2D eigenvalue weighted by atomic mass is 9.99. The van der Waals surface area contributed by atoms with E-state index in [0.29, 0.717) is 22.6 Å². The summed E-state index contributed by atoms with van der Waals surface area (Å²) >= 11 is 0. The molecule has 2 amide bonds. The van der Waals surface area contributed by atoms with Gasteiger partial charge in [0.1, 0.15) is 0 Å². The first-order valence-corrected chi connectivity index (χ1v) is 9.57. The van der Waals surface area contributed by atoms with E-state index in [4.69, 9.17) is 9.47 Å². The normalized spacial score (nSPS) is 10.2. The summed E-state index contributed by atoms with van der Waals surface area (Å²) in [7, 11) is 3.01. The average molecular weight is 404 g/mol. The van der Waals surface area contributed by atoms with Gasteiger partial charge in [0.05, 0.1) is 14.2 Å². The van der Waals surface area contributed by atoms with Gasteiger partial charge in [-0.25, -0.2) is 0 Å². The van der Waals surface area contributed by atoms with E-state index in [2.05, 4.69) is 23.0 Å².